The average molecular weight is 242 g/mol. The highest BCUT2D eigenvalue weighted by Gasteiger charge is 2.35. The number of hydrogen-bond acceptors (Lipinski definition) is 3. The smallest absolute Gasteiger partial charge is 0.226 e. The molecule has 1 fully saturated rings. The molecule has 0 radical (unpaired) electrons. The maximum Gasteiger partial charge on any atom is 0.226 e. The quantitative estimate of drug-likeness (QED) is 0.671. The first-order valence-electron chi connectivity index (χ1n) is 6.60. The molecular formula is C13H26N2O2. The Bertz CT molecular complexity index is 248. The highest BCUT2D eigenvalue weighted by atomic mass is 16.3. The molecule has 1 unspecified atom stereocenters. The van der Waals surface area contributed by atoms with E-state index >= 15 is 0 Å². The van der Waals surface area contributed by atoms with Crippen molar-refractivity contribution < 1.29 is 9.90 Å². The second-order valence-corrected chi connectivity index (χ2v) is 5.79. The second kappa shape index (κ2) is 6.36. The maximum atomic E-state index is 12.2. The Kier molecular flexibility index (Phi) is 5.40. The molecule has 0 saturated carbocycles. The van der Waals surface area contributed by atoms with Crippen LogP contribution in [0.4, 0.5) is 0 Å². The zero-order valence-electron chi connectivity index (χ0n) is 11.3. The molecule has 1 aliphatic rings. The number of rotatable bonds is 5. The zero-order chi connectivity index (χ0) is 12.9. The maximum absolute atomic E-state index is 12.2. The second-order valence-electron chi connectivity index (χ2n) is 5.79. The van der Waals surface area contributed by atoms with Crippen LogP contribution in [0.15, 0.2) is 0 Å². The van der Waals surface area contributed by atoms with Gasteiger partial charge in [0.25, 0.3) is 0 Å². The lowest BCUT2D eigenvalue weighted by molar-refractivity contribution is -0.132. The van der Waals surface area contributed by atoms with Gasteiger partial charge in [0.1, 0.15) is 0 Å². The highest BCUT2D eigenvalue weighted by Crippen LogP contribution is 2.28. The van der Waals surface area contributed by atoms with Gasteiger partial charge in [0.2, 0.25) is 5.91 Å². The van der Waals surface area contributed by atoms with Crippen LogP contribution in [0.1, 0.15) is 40.0 Å². The first-order chi connectivity index (χ1) is 7.98. The van der Waals surface area contributed by atoms with E-state index in [0.29, 0.717) is 5.92 Å². The van der Waals surface area contributed by atoms with E-state index in [9.17, 15) is 9.90 Å². The molecule has 1 saturated heterocycles. The summed E-state index contributed by atoms with van der Waals surface area (Å²) >= 11 is 0. The van der Waals surface area contributed by atoms with Gasteiger partial charge < -0.3 is 15.7 Å². The van der Waals surface area contributed by atoms with Crippen LogP contribution in [0.25, 0.3) is 0 Å². The minimum absolute atomic E-state index is 0.0260. The van der Waals surface area contributed by atoms with Crippen LogP contribution in [-0.4, -0.2) is 36.8 Å². The van der Waals surface area contributed by atoms with Crippen molar-refractivity contribution >= 4 is 5.91 Å². The molecule has 0 aromatic carbocycles. The van der Waals surface area contributed by atoms with E-state index in [1.165, 1.54) is 0 Å². The van der Waals surface area contributed by atoms with E-state index < -0.39 is 0 Å². The molecule has 0 aliphatic carbocycles. The summed E-state index contributed by atoms with van der Waals surface area (Å²) in [6, 6.07) is -0.103. The molecule has 1 heterocycles. The molecule has 17 heavy (non-hydrogen) atoms. The molecule has 0 bridgehead atoms. The lowest BCUT2D eigenvalue weighted by Crippen LogP contribution is -2.50. The SMILES string of the molecule is CC(C)CC(CO)NC(=O)C1(C)CCNCC1. The molecule has 1 aliphatic heterocycles. The van der Waals surface area contributed by atoms with E-state index in [1.807, 2.05) is 6.92 Å². The number of aliphatic hydroxyl groups excluding tert-OH is 1. The monoisotopic (exact) mass is 242 g/mol. The number of amides is 1. The van der Waals surface area contributed by atoms with E-state index in [0.717, 1.165) is 32.4 Å². The van der Waals surface area contributed by atoms with Crippen LogP contribution in [0.2, 0.25) is 0 Å². The fraction of sp³-hybridized carbons (Fsp3) is 0.923. The molecule has 4 nitrogen and oxygen atoms in total. The van der Waals surface area contributed by atoms with Gasteiger partial charge in [-0.2, -0.15) is 0 Å². The minimum Gasteiger partial charge on any atom is -0.394 e. The number of hydrogen-bond donors (Lipinski definition) is 3. The number of nitrogens with one attached hydrogen (secondary N) is 2. The summed E-state index contributed by atoms with van der Waals surface area (Å²) in [4.78, 5) is 12.2. The normalized spacial score (nSPS) is 21.2. The van der Waals surface area contributed by atoms with Gasteiger partial charge >= 0.3 is 0 Å². The first kappa shape index (κ1) is 14.5. The molecular weight excluding hydrogens is 216 g/mol. The van der Waals surface area contributed by atoms with Crippen LogP contribution in [0, 0.1) is 11.3 Å². The van der Waals surface area contributed by atoms with Crippen molar-refractivity contribution in [2.24, 2.45) is 11.3 Å². The Morgan fingerprint density at radius 1 is 1.41 bits per heavy atom. The number of carbonyl (C=O) groups is 1. The molecule has 1 atom stereocenters. The van der Waals surface area contributed by atoms with Gasteiger partial charge in [-0.05, 0) is 38.3 Å². The number of aliphatic hydroxyl groups is 1. The molecule has 1 amide bonds. The third-order valence-corrected chi connectivity index (χ3v) is 3.57. The van der Waals surface area contributed by atoms with E-state index in [-0.39, 0.29) is 24.0 Å². The van der Waals surface area contributed by atoms with Crippen molar-refractivity contribution in [1.82, 2.24) is 10.6 Å². The lowest BCUT2D eigenvalue weighted by atomic mass is 9.80. The Labute approximate surface area is 104 Å². The number of carbonyl (C=O) groups excluding carboxylic acids is 1. The predicted octanol–water partition coefficient (Wildman–Crippen LogP) is 0.899. The largest absolute Gasteiger partial charge is 0.394 e. The fourth-order valence-corrected chi connectivity index (χ4v) is 2.31. The first-order valence-corrected chi connectivity index (χ1v) is 6.60. The number of piperidine rings is 1. The molecule has 4 heteroatoms. The van der Waals surface area contributed by atoms with Gasteiger partial charge in [-0.1, -0.05) is 20.8 Å². The van der Waals surface area contributed by atoms with Gasteiger partial charge in [-0.25, -0.2) is 0 Å². The highest BCUT2D eigenvalue weighted by molar-refractivity contribution is 5.82. The summed E-state index contributed by atoms with van der Waals surface area (Å²) in [6.45, 7) is 8.04. The standard InChI is InChI=1S/C13H26N2O2/c1-10(2)8-11(9-16)15-12(17)13(3)4-6-14-7-5-13/h10-11,14,16H,4-9H2,1-3H3,(H,15,17). The minimum atomic E-state index is -0.268. The van der Waals surface area contributed by atoms with Gasteiger partial charge in [0, 0.05) is 5.41 Å². The lowest BCUT2D eigenvalue weighted by Gasteiger charge is -2.34. The summed E-state index contributed by atoms with van der Waals surface area (Å²) in [5.74, 6) is 0.576. The third kappa shape index (κ3) is 4.28. The predicted molar refractivity (Wildman–Crippen MR) is 68.7 cm³/mol. The van der Waals surface area contributed by atoms with Gasteiger partial charge in [-0.15, -0.1) is 0 Å². The molecule has 0 spiro atoms. The Hall–Kier alpha value is -0.610. The molecule has 0 aromatic heterocycles. The van der Waals surface area contributed by atoms with Gasteiger partial charge in [-0.3, -0.25) is 4.79 Å². The summed E-state index contributed by atoms with van der Waals surface area (Å²) in [6.07, 6.45) is 2.58. The third-order valence-electron chi connectivity index (χ3n) is 3.57. The molecule has 3 N–H and O–H groups in total. The molecule has 0 aromatic rings. The van der Waals surface area contributed by atoms with Crippen molar-refractivity contribution in [3.63, 3.8) is 0 Å². The van der Waals surface area contributed by atoms with Crippen LogP contribution >= 0.6 is 0 Å². The van der Waals surface area contributed by atoms with Crippen LogP contribution in [0.3, 0.4) is 0 Å². The van der Waals surface area contributed by atoms with Gasteiger partial charge in [0.05, 0.1) is 12.6 Å². The molecule has 100 valence electrons. The Morgan fingerprint density at radius 2 is 2.00 bits per heavy atom. The van der Waals surface area contributed by atoms with E-state index in [1.54, 1.807) is 0 Å². The van der Waals surface area contributed by atoms with Crippen LogP contribution < -0.4 is 10.6 Å². The van der Waals surface area contributed by atoms with Crippen molar-refractivity contribution in [2.75, 3.05) is 19.7 Å². The molecule has 1 rings (SSSR count). The zero-order valence-corrected chi connectivity index (χ0v) is 11.3. The van der Waals surface area contributed by atoms with Crippen LogP contribution in [-0.2, 0) is 4.79 Å². The Balaban J connectivity index is 2.50. The van der Waals surface area contributed by atoms with Crippen molar-refractivity contribution in [1.29, 1.82) is 0 Å². The summed E-state index contributed by atoms with van der Waals surface area (Å²) in [7, 11) is 0. The van der Waals surface area contributed by atoms with E-state index in [2.05, 4.69) is 24.5 Å². The van der Waals surface area contributed by atoms with Crippen molar-refractivity contribution in [3.05, 3.63) is 0 Å². The summed E-state index contributed by atoms with van der Waals surface area (Å²) in [5.41, 5.74) is -0.268. The average Bonchev–Trinajstić information content (AvgIpc) is 2.28. The topological polar surface area (TPSA) is 61.4 Å². The fourth-order valence-electron chi connectivity index (χ4n) is 2.31. The summed E-state index contributed by atoms with van der Waals surface area (Å²) in [5, 5.41) is 15.5. The Morgan fingerprint density at radius 3 is 2.47 bits per heavy atom. The summed E-state index contributed by atoms with van der Waals surface area (Å²) < 4.78 is 0. The van der Waals surface area contributed by atoms with E-state index in [4.69, 9.17) is 0 Å². The van der Waals surface area contributed by atoms with Crippen molar-refractivity contribution in [2.45, 2.75) is 46.1 Å². The van der Waals surface area contributed by atoms with Gasteiger partial charge in [0.15, 0.2) is 0 Å². The van der Waals surface area contributed by atoms with Crippen molar-refractivity contribution in [3.8, 4) is 0 Å². The van der Waals surface area contributed by atoms with Crippen LogP contribution in [0.5, 0.6) is 0 Å².